The monoisotopic (exact) mass is 200 g/mol. The third kappa shape index (κ3) is 2.45. The molecule has 0 aromatic heterocycles. The molecule has 4 nitrogen and oxygen atoms in total. The Morgan fingerprint density at radius 3 is 2.79 bits per heavy atom. The van der Waals surface area contributed by atoms with Gasteiger partial charge in [0.05, 0.1) is 18.8 Å². The minimum Gasteiger partial charge on any atom is -0.373 e. The molecule has 14 heavy (non-hydrogen) atoms. The lowest BCUT2D eigenvalue weighted by Crippen LogP contribution is -2.53. The van der Waals surface area contributed by atoms with E-state index in [0.717, 1.165) is 0 Å². The van der Waals surface area contributed by atoms with Crippen LogP contribution in [0.15, 0.2) is 0 Å². The summed E-state index contributed by atoms with van der Waals surface area (Å²) in [6.07, 6.45) is 0.00824. The molecule has 0 saturated carbocycles. The molecule has 0 bridgehead atoms. The van der Waals surface area contributed by atoms with Crippen LogP contribution in [0.4, 0.5) is 0 Å². The van der Waals surface area contributed by atoms with Crippen molar-refractivity contribution in [2.24, 2.45) is 11.7 Å². The Bertz CT molecular complexity index is 206. The summed E-state index contributed by atoms with van der Waals surface area (Å²) < 4.78 is 5.48. The molecule has 1 heterocycles. The van der Waals surface area contributed by atoms with Crippen LogP contribution in [0.2, 0.25) is 0 Å². The fourth-order valence-corrected chi connectivity index (χ4v) is 1.60. The largest absolute Gasteiger partial charge is 0.373 e. The van der Waals surface area contributed by atoms with Gasteiger partial charge in [0.2, 0.25) is 5.91 Å². The molecule has 82 valence electrons. The Balaban J connectivity index is 2.60. The fraction of sp³-hybridized carbons (Fsp3) is 0.900. The van der Waals surface area contributed by atoms with Crippen LogP contribution in [0.25, 0.3) is 0 Å². The summed E-state index contributed by atoms with van der Waals surface area (Å²) in [7, 11) is 0. The number of hydrogen-bond donors (Lipinski definition) is 1. The van der Waals surface area contributed by atoms with Crippen molar-refractivity contribution in [3.8, 4) is 0 Å². The van der Waals surface area contributed by atoms with E-state index in [4.69, 9.17) is 10.5 Å². The predicted octanol–water partition coefficient (Wildman–Crippen LogP) is 0.217. The number of ether oxygens (including phenoxy) is 1. The quantitative estimate of drug-likeness (QED) is 0.693. The Hall–Kier alpha value is -0.610. The van der Waals surface area contributed by atoms with Gasteiger partial charge in [0.25, 0.3) is 0 Å². The molecule has 0 aromatic rings. The lowest BCUT2D eigenvalue weighted by atomic mass is 10.1. The molecule has 0 aromatic carbocycles. The highest BCUT2D eigenvalue weighted by Gasteiger charge is 2.29. The summed E-state index contributed by atoms with van der Waals surface area (Å²) in [4.78, 5) is 13.7. The van der Waals surface area contributed by atoms with Gasteiger partial charge in [-0.1, -0.05) is 13.8 Å². The number of carbonyl (C=O) groups excluding carboxylic acids is 1. The van der Waals surface area contributed by atoms with E-state index in [-0.39, 0.29) is 24.0 Å². The lowest BCUT2D eigenvalue weighted by molar-refractivity contribution is -0.146. The van der Waals surface area contributed by atoms with Crippen LogP contribution in [0.3, 0.4) is 0 Å². The van der Waals surface area contributed by atoms with Crippen molar-refractivity contribution >= 4 is 5.91 Å². The van der Waals surface area contributed by atoms with Crippen LogP contribution in [-0.2, 0) is 9.53 Å². The van der Waals surface area contributed by atoms with Gasteiger partial charge in [-0.2, -0.15) is 0 Å². The number of morpholine rings is 1. The van der Waals surface area contributed by atoms with Crippen molar-refractivity contribution in [2.45, 2.75) is 32.9 Å². The molecule has 0 radical (unpaired) electrons. The molecule has 2 N–H and O–H groups in total. The van der Waals surface area contributed by atoms with Gasteiger partial charge < -0.3 is 15.4 Å². The number of carbonyl (C=O) groups is 1. The Labute approximate surface area is 85.4 Å². The van der Waals surface area contributed by atoms with Crippen LogP contribution in [0.5, 0.6) is 0 Å². The highest BCUT2D eigenvalue weighted by atomic mass is 16.5. The number of hydrogen-bond acceptors (Lipinski definition) is 3. The zero-order valence-corrected chi connectivity index (χ0v) is 9.19. The number of nitrogens with zero attached hydrogens (tertiary/aromatic N) is 1. The van der Waals surface area contributed by atoms with Crippen molar-refractivity contribution in [1.29, 1.82) is 0 Å². The van der Waals surface area contributed by atoms with Gasteiger partial charge in [0, 0.05) is 19.0 Å². The van der Waals surface area contributed by atoms with Gasteiger partial charge in [0.1, 0.15) is 0 Å². The van der Waals surface area contributed by atoms with Crippen molar-refractivity contribution in [3.05, 3.63) is 0 Å². The molecule has 1 saturated heterocycles. The number of nitrogens with two attached hydrogens (primary N) is 1. The van der Waals surface area contributed by atoms with Crippen LogP contribution in [0.1, 0.15) is 20.8 Å². The standard InChI is InChI=1S/C10H20N2O2/c1-7(2)10(13)12-5-9(4-11)14-6-8(12)3/h7-9H,4-6,11H2,1-3H3. The van der Waals surface area contributed by atoms with E-state index in [9.17, 15) is 4.79 Å². The van der Waals surface area contributed by atoms with E-state index in [2.05, 4.69) is 0 Å². The second-order valence-electron chi connectivity index (χ2n) is 4.19. The lowest BCUT2D eigenvalue weighted by Gasteiger charge is -2.38. The molecule has 0 spiro atoms. The summed E-state index contributed by atoms with van der Waals surface area (Å²) in [5, 5.41) is 0. The third-order valence-corrected chi connectivity index (χ3v) is 2.55. The summed E-state index contributed by atoms with van der Waals surface area (Å²) in [5.74, 6) is 0.244. The van der Waals surface area contributed by atoms with E-state index >= 15 is 0 Å². The molecule has 1 rings (SSSR count). The Kier molecular flexibility index (Phi) is 3.89. The minimum absolute atomic E-state index is 0.00824. The zero-order chi connectivity index (χ0) is 10.7. The first kappa shape index (κ1) is 11.5. The molecule has 4 heteroatoms. The highest BCUT2D eigenvalue weighted by molar-refractivity contribution is 5.78. The van der Waals surface area contributed by atoms with E-state index in [0.29, 0.717) is 19.7 Å². The first-order valence-corrected chi connectivity index (χ1v) is 5.18. The fourth-order valence-electron chi connectivity index (χ4n) is 1.60. The maximum atomic E-state index is 11.8. The third-order valence-electron chi connectivity index (χ3n) is 2.55. The molecule has 0 aliphatic carbocycles. The van der Waals surface area contributed by atoms with Crippen molar-refractivity contribution in [1.82, 2.24) is 4.90 Å². The van der Waals surface area contributed by atoms with E-state index in [1.807, 2.05) is 25.7 Å². The molecular weight excluding hydrogens is 180 g/mol. The number of amides is 1. The van der Waals surface area contributed by atoms with Crippen LogP contribution in [0, 0.1) is 5.92 Å². The van der Waals surface area contributed by atoms with Gasteiger partial charge in [0.15, 0.2) is 0 Å². The van der Waals surface area contributed by atoms with Gasteiger partial charge in [-0.05, 0) is 6.92 Å². The van der Waals surface area contributed by atoms with Crippen molar-refractivity contribution < 1.29 is 9.53 Å². The molecule has 2 atom stereocenters. The molecule has 2 unspecified atom stereocenters. The second kappa shape index (κ2) is 4.75. The maximum Gasteiger partial charge on any atom is 0.225 e. The van der Waals surface area contributed by atoms with E-state index < -0.39 is 0 Å². The summed E-state index contributed by atoms with van der Waals surface area (Å²) in [6, 6.07) is 0.174. The predicted molar refractivity (Wildman–Crippen MR) is 54.8 cm³/mol. The smallest absolute Gasteiger partial charge is 0.225 e. The first-order chi connectivity index (χ1) is 6.56. The topological polar surface area (TPSA) is 55.6 Å². The molecule has 1 amide bonds. The van der Waals surface area contributed by atoms with Crippen molar-refractivity contribution in [2.75, 3.05) is 19.7 Å². The second-order valence-corrected chi connectivity index (χ2v) is 4.19. The van der Waals surface area contributed by atoms with Gasteiger partial charge in [-0.25, -0.2) is 0 Å². The normalized spacial score (nSPS) is 28.2. The maximum absolute atomic E-state index is 11.8. The van der Waals surface area contributed by atoms with Crippen LogP contribution < -0.4 is 5.73 Å². The minimum atomic E-state index is 0.00824. The Morgan fingerprint density at radius 1 is 1.64 bits per heavy atom. The SMILES string of the molecule is CC(C)C(=O)N1CC(CN)OCC1C. The van der Waals surface area contributed by atoms with Crippen LogP contribution >= 0.6 is 0 Å². The Morgan fingerprint density at radius 2 is 2.29 bits per heavy atom. The molecule has 1 aliphatic heterocycles. The van der Waals surface area contributed by atoms with Crippen molar-refractivity contribution in [3.63, 3.8) is 0 Å². The zero-order valence-electron chi connectivity index (χ0n) is 9.19. The van der Waals surface area contributed by atoms with Gasteiger partial charge in [-0.15, -0.1) is 0 Å². The first-order valence-electron chi connectivity index (χ1n) is 5.18. The van der Waals surface area contributed by atoms with Gasteiger partial charge in [-0.3, -0.25) is 4.79 Å². The highest BCUT2D eigenvalue weighted by Crippen LogP contribution is 2.14. The van der Waals surface area contributed by atoms with Gasteiger partial charge >= 0.3 is 0 Å². The van der Waals surface area contributed by atoms with Crippen LogP contribution in [-0.4, -0.2) is 42.6 Å². The summed E-state index contributed by atoms with van der Waals surface area (Å²) >= 11 is 0. The van der Waals surface area contributed by atoms with E-state index in [1.165, 1.54) is 0 Å². The summed E-state index contributed by atoms with van der Waals surface area (Å²) in [5.41, 5.74) is 5.52. The van der Waals surface area contributed by atoms with E-state index in [1.54, 1.807) is 0 Å². The average Bonchev–Trinajstić information content (AvgIpc) is 2.17. The number of rotatable bonds is 2. The molecule has 1 aliphatic rings. The average molecular weight is 200 g/mol. The molecule has 1 fully saturated rings. The summed E-state index contributed by atoms with van der Waals surface area (Å²) in [6.45, 7) is 7.56. The molecular formula is C10H20N2O2.